The lowest BCUT2D eigenvalue weighted by atomic mass is 9.87. The minimum absolute atomic E-state index is 0.0372. The summed E-state index contributed by atoms with van der Waals surface area (Å²) < 4.78 is 39.0. The third-order valence-electron chi connectivity index (χ3n) is 3.76. The van der Waals surface area contributed by atoms with Gasteiger partial charge in [-0.3, -0.25) is 0 Å². The van der Waals surface area contributed by atoms with E-state index < -0.39 is 35.8 Å². The molecule has 0 fully saturated rings. The van der Waals surface area contributed by atoms with Crippen LogP contribution in [0.1, 0.15) is 31.0 Å². The first-order valence-corrected chi connectivity index (χ1v) is 7.43. The molecular weight excluding hydrogens is 337 g/mol. The molecule has 0 saturated heterocycles. The monoisotopic (exact) mass is 352 g/mol. The number of carbonyl (C=O) groups is 2. The fourth-order valence-corrected chi connectivity index (χ4v) is 2.62. The minimum Gasteiger partial charge on any atom is -0.338 e. The van der Waals surface area contributed by atoms with E-state index in [1.54, 1.807) is 6.92 Å². The number of halogens is 3. The highest BCUT2D eigenvalue weighted by Crippen LogP contribution is 2.37. The first-order chi connectivity index (χ1) is 11.7. The first-order valence-electron chi connectivity index (χ1n) is 7.43. The van der Waals surface area contributed by atoms with Crippen molar-refractivity contribution in [3.8, 4) is 6.07 Å². The normalized spacial score (nSPS) is 20.7. The number of benzene rings is 1. The molecule has 0 aromatic heterocycles. The smallest absolute Gasteiger partial charge is 0.338 e. The van der Waals surface area contributed by atoms with Gasteiger partial charge in [0.25, 0.3) is 0 Å². The SMILES string of the molecule is CCNC(=O)N1C(=O)N=C(C)C(C#N)C1c1cccc(C(F)(F)F)c1. The largest absolute Gasteiger partial charge is 0.416 e. The summed E-state index contributed by atoms with van der Waals surface area (Å²) in [5.41, 5.74) is -0.740. The second kappa shape index (κ2) is 6.93. The summed E-state index contributed by atoms with van der Waals surface area (Å²) in [5.74, 6) is -1.04. The van der Waals surface area contributed by atoms with Gasteiger partial charge in [0.05, 0.1) is 17.7 Å². The van der Waals surface area contributed by atoms with Crippen molar-refractivity contribution in [1.82, 2.24) is 10.2 Å². The van der Waals surface area contributed by atoms with Crippen LogP contribution in [0.15, 0.2) is 29.3 Å². The second-order valence-electron chi connectivity index (χ2n) is 5.42. The molecule has 1 aromatic carbocycles. The van der Waals surface area contributed by atoms with Gasteiger partial charge in [0, 0.05) is 12.3 Å². The molecule has 1 heterocycles. The summed E-state index contributed by atoms with van der Waals surface area (Å²) in [7, 11) is 0. The number of hydrogen-bond donors (Lipinski definition) is 1. The van der Waals surface area contributed by atoms with Gasteiger partial charge >= 0.3 is 18.2 Å². The predicted octanol–water partition coefficient (Wildman–Crippen LogP) is 3.51. The van der Waals surface area contributed by atoms with Gasteiger partial charge in [-0.1, -0.05) is 12.1 Å². The zero-order chi connectivity index (χ0) is 18.8. The van der Waals surface area contributed by atoms with Crippen LogP contribution in [0.3, 0.4) is 0 Å². The molecular formula is C16H15F3N4O2. The molecule has 25 heavy (non-hydrogen) atoms. The van der Waals surface area contributed by atoms with Crippen molar-refractivity contribution in [2.75, 3.05) is 6.54 Å². The fraction of sp³-hybridized carbons (Fsp3) is 0.375. The lowest BCUT2D eigenvalue weighted by molar-refractivity contribution is -0.137. The molecule has 9 heteroatoms. The number of rotatable bonds is 2. The molecule has 0 saturated carbocycles. The summed E-state index contributed by atoms with van der Waals surface area (Å²) in [4.78, 5) is 28.8. The van der Waals surface area contributed by atoms with Gasteiger partial charge in [0.1, 0.15) is 5.92 Å². The Morgan fingerprint density at radius 3 is 2.68 bits per heavy atom. The number of nitrogens with one attached hydrogen (secondary N) is 1. The van der Waals surface area contributed by atoms with Gasteiger partial charge in [0.15, 0.2) is 0 Å². The van der Waals surface area contributed by atoms with Crippen molar-refractivity contribution >= 4 is 17.8 Å². The molecule has 0 bridgehead atoms. The Hall–Kier alpha value is -2.89. The van der Waals surface area contributed by atoms with Crippen molar-refractivity contribution in [2.45, 2.75) is 26.1 Å². The van der Waals surface area contributed by atoms with E-state index in [2.05, 4.69) is 10.3 Å². The highest BCUT2D eigenvalue weighted by Gasteiger charge is 2.42. The molecule has 2 unspecified atom stereocenters. The Morgan fingerprint density at radius 2 is 2.12 bits per heavy atom. The van der Waals surface area contributed by atoms with Gasteiger partial charge in [-0.25, -0.2) is 19.5 Å². The molecule has 132 valence electrons. The van der Waals surface area contributed by atoms with Crippen LogP contribution in [0.5, 0.6) is 0 Å². The van der Waals surface area contributed by atoms with Gasteiger partial charge in [-0.15, -0.1) is 0 Å². The minimum atomic E-state index is -4.59. The fourth-order valence-electron chi connectivity index (χ4n) is 2.62. The van der Waals surface area contributed by atoms with Gasteiger partial charge in [0.2, 0.25) is 0 Å². The van der Waals surface area contributed by atoms with Crippen LogP contribution in [0.2, 0.25) is 0 Å². The molecule has 1 aliphatic heterocycles. The molecule has 6 nitrogen and oxygen atoms in total. The molecule has 1 aliphatic rings. The van der Waals surface area contributed by atoms with Crippen LogP contribution in [0.25, 0.3) is 0 Å². The number of urea groups is 2. The molecule has 0 spiro atoms. The number of aliphatic imine (C=N–C) groups is 1. The standard InChI is InChI=1S/C16H15F3N4O2/c1-3-21-14(24)23-13(12(8-20)9(2)22-15(23)25)10-5-4-6-11(7-10)16(17,18)19/h4-7,12-13H,3H2,1-2H3,(H,21,24). The summed E-state index contributed by atoms with van der Waals surface area (Å²) in [5, 5.41) is 11.8. The number of amides is 4. The Bertz CT molecular complexity index is 767. The van der Waals surface area contributed by atoms with Crippen molar-refractivity contribution in [3.63, 3.8) is 0 Å². The maximum atomic E-state index is 13.0. The molecule has 0 aliphatic carbocycles. The van der Waals surface area contributed by atoms with Gasteiger partial charge in [-0.05, 0) is 31.5 Å². The summed E-state index contributed by atoms with van der Waals surface area (Å²) in [6.07, 6.45) is -4.59. The second-order valence-corrected chi connectivity index (χ2v) is 5.42. The van der Waals surface area contributed by atoms with E-state index in [0.717, 1.165) is 12.1 Å². The third-order valence-corrected chi connectivity index (χ3v) is 3.76. The van der Waals surface area contributed by atoms with Crippen LogP contribution >= 0.6 is 0 Å². The number of carbonyl (C=O) groups excluding carboxylic acids is 2. The topological polar surface area (TPSA) is 85.6 Å². The molecule has 2 atom stereocenters. The Kier molecular flexibility index (Phi) is 5.11. The lowest BCUT2D eigenvalue weighted by Gasteiger charge is -2.35. The average molecular weight is 352 g/mol. The van der Waals surface area contributed by atoms with E-state index in [0.29, 0.717) is 4.90 Å². The molecule has 4 amide bonds. The first kappa shape index (κ1) is 18.4. The average Bonchev–Trinajstić information content (AvgIpc) is 2.53. The van der Waals surface area contributed by atoms with Crippen molar-refractivity contribution < 1.29 is 22.8 Å². The molecule has 1 N–H and O–H groups in total. The summed E-state index contributed by atoms with van der Waals surface area (Å²) in [6.45, 7) is 3.27. The number of alkyl halides is 3. The van der Waals surface area contributed by atoms with Gasteiger partial charge < -0.3 is 5.32 Å². The number of nitriles is 1. The maximum Gasteiger partial charge on any atom is 0.416 e. The van der Waals surface area contributed by atoms with E-state index >= 15 is 0 Å². The van der Waals surface area contributed by atoms with E-state index in [-0.39, 0.29) is 17.8 Å². The molecule has 2 rings (SSSR count). The molecule has 1 aromatic rings. The Balaban J connectivity index is 2.59. The van der Waals surface area contributed by atoms with E-state index in [4.69, 9.17) is 0 Å². The lowest BCUT2D eigenvalue weighted by Crippen LogP contribution is -2.50. The van der Waals surface area contributed by atoms with Crippen molar-refractivity contribution in [2.24, 2.45) is 10.9 Å². The van der Waals surface area contributed by atoms with Crippen LogP contribution in [-0.2, 0) is 6.18 Å². The van der Waals surface area contributed by atoms with Crippen molar-refractivity contribution in [1.29, 1.82) is 5.26 Å². The highest BCUT2D eigenvalue weighted by molar-refractivity contribution is 6.05. The number of nitrogens with zero attached hydrogens (tertiary/aromatic N) is 3. The van der Waals surface area contributed by atoms with E-state index in [9.17, 15) is 28.0 Å². The summed E-state index contributed by atoms with van der Waals surface area (Å²) in [6, 6.07) is 3.25. The van der Waals surface area contributed by atoms with Crippen LogP contribution in [-0.4, -0.2) is 29.2 Å². The third kappa shape index (κ3) is 3.63. The van der Waals surface area contributed by atoms with Crippen molar-refractivity contribution in [3.05, 3.63) is 35.4 Å². The van der Waals surface area contributed by atoms with Crippen LogP contribution in [0.4, 0.5) is 22.8 Å². The van der Waals surface area contributed by atoms with Crippen LogP contribution < -0.4 is 5.32 Å². The van der Waals surface area contributed by atoms with E-state index in [1.807, 2.05) is 6.07 Å². The highest BCUT2D eigenvalue weighted by atomic mass is 19.4. The molecule has 0 radical (unpaired) electrons. The summed E-state index contributed by atoms with van der Waals surface area (Å²) >= 11 is 0. The number of imide groups is 1. The number of hydrogen-bond acceptors (Lipinski definition) is 3. The quantitative estimate of drug-likeness (QED) is 0.884. The zero-order valence-corrected chi connectivity index (χ0v) is 13.5. The van der Waals surface area contributed by atoms with Gasteiger partial charge in [-0.2, -0.15) is 18.4 Å². The Labute approximate surface area is 141 Å². The Morgan fingerprint density at radius 1 is 1.44 bits per heavy atom. The van der Waals surface area contributed by atoms with Crippen LogP contribution in [0, 0.1) is 17.2 Å². The predicted molar refractivity (Wildman–Crippen MR) is 82.7 cm³/mol. The van der Waals surface area contributed by atoms with E-state index in [1.165, 1.54) is 19.1 Å². The maximum absolute atomic E-state index is 13.0. The zero-order valence-electron chi connectivity index (χ0n) is 13.5.